The van der Waals surface area contributed by atoms with Crippen LogP contribution in [0.2, 0.25) is 0 Å². The number of rotatable bonds is 4. The molecule has 2 rings (SSSR count). The van der Waals surface area contributed by atoms with Gasteiger partial charge in [0.05, 0.1) is 5.92 Å². The second kappa shape index (κ2) is 5.32. The Bertz CT molecular complexity index is 403. The van der Waals surface area contributed by atoms with E-state index in [1.54, 1.807) is 6.92 Å². The summed E-state index contributed by atoms with van der Waals surface area (Å²) in [6.07, 6.45) is 3.42. The normalized spacial score (nSPS) is 20.6. The minimum absolute atomic E-state index is 0.321. The smallest absolute Gasteiger partial charge is 0.307 e. The lowest BCUT2D eigenvalue weighted by molar-refractivity contribution is -0.141. The molecule has 0 saturated carbocycles. The molecule has 0 aromatic heterocycles. The van der Waals surface area contributed by atoms with Gasteiger partial charge < -0.3 is 10.4 Å². The molecule has 0 saturated heterocycles. The number of hydrogen-bond donors (Lipinski definition) is 2. The fourth-order valence-electron chi connectivity index (χ4n) is 2.37. The van der Waals surface area contributed by atoms with Crippen molar-refractivity contribution in [1.29, 1.82) is 0 Å². The first kappa shape index (κ1) is 12.1. The highest BCUT2D eigenvalue weighted by atomic mass is 16.4. The van der Waals surface area contributed by atoms with E-state index in [-0.39, 0.29) is 5.92 Å². The van der Waals surface area contributed by atoms with Gasteiger partial charge in [0.1, 0.15) is 0 Å². The Kier molecular flexibility index (Phi) is 3.79. The van der Waals surface area contributed by atoms with Gasteiger partial charge >= 0.3 is 5.97 Å². The number of aliphatic carboxylic acids is 1. The van der Waals surface area contributed by atoms with Gasteiger partial charge in [-0.05, 0) is 30.4 Å². The highest BCUT2D eigenvalue weighted by Crippen LogP contribution is 2.29. The summed E-state index contributed by atoms with van der Waals surface area (Å²) in [6, 6.07) is 8.77. The predicted molar refractivity (Wildman–Crippen MR) is 66.9 cm³/mol. The molecule has 1 aromatic rings. The van der Waals surface area contributed by atoms with Crippen molar-refractivity contribution >= 4 is 5.97 Å². The van der Waals surface area contributed by atoms with Gasteiger partial charge in [0.15, 0.2) is 0 Å². The molecule has 2 N–H and O–H groups in total. The third-order valence-corrected chi connectivity index (χ3v) is 3.46. The molecule has 0 heterocycles. The Morgan fingerprint density at radius 2 is 2.29 bits per heavy atom. The molecule has 0 amide bonds. The van der Waals surface area contributed by atoms with Crippen molar-refractivity contribution in [2.45, 2.75) is 32.2 Å². The van der Waals surface area contributed by atoms with Crippen molar-refractivity contribution < 1.29 is 9.90 Å². The molecular formula is C14H19NO2. The van der Waals surface area contributed by atoms with Crippen LogP contribution in [0.25, 0.3) is 0 Å². The summed E-state index contributed by atoms with van der Waals surface area (Å²) >= 11 is 0. The van der Waals surface area contributed by atoms with E-state index in [0.717, 1.165) is 12.8 Å². The molecule has 0 bridgehead atoms. The van der Waals surface area contributed by atoms with Gasteiger partial charge in [-0.25, -0.2) is 0 Å². The summed E-state index contributed by atoms with van der Waals surface area (Å²) in [5.41, 5.74) is 2.75. The van der Waals surface area contributed by atoms with Crippen LogP contribution in [0.3, 0.4) is 0 Å². The van der Waals surface area contributed by atoms with Gasteiger partial charge in [-0.3, -0.25) is 4.79 Å². The van der Waals surface area contributed by atoms with Crippen LogP contribution in [0.4, 0.5) is 0 Å². The lowest BCUT2D eigenvalue weighted by atomic mass is 9.87. The number of hydrogen-bond acceptors (Lipinski definition) is 2. The first-order valence-electron chi connectivity index (χ1n) is 6.22. The largest absolute Gasteiger partial charge is 0.481 e. The van der Waals surface area contributed by atoms with E-state index in [1.165, 1.54) is 17.5 Å². The Balaban J connectivity index is 2.01. The van der Waals surface area contributed by atoms with E-state index < -0.39 is 5.97 Å². The van der Waals surface area contributed by atoms with Gasteiger partial charge in [0, 0.05) is 12.6 Å². The van der Waals surface area contributed by atoms with Crippen molar-refractivity contribution in [2.75, 3.05) is 6.54 Å². The quantitative estimate of drug-likeness (QED) is 0.839. The minimum Gasteiger partial charge on any atom is -0.481 e. The zero-order valence-corrected chi connectivity index (χ0v) is 10.1. The number of aryl methyl sites for hydroxylation is 1. The Labute approximate surface area is 102 Å². The molecule has 0 aliphatic heterocycles. The maximum Gasteiger partial charge on any atom is 0.307 e. The van der Waals surface area contributed by atoms with Gasteiger partial charge in [-0.2, -0.15) is 0 Å². The lowest BCUT2D eigenvalue weighted by Gasteiger charge is -2.27. The van der Waals surface area contributed by atoms with Crippen LogP contribution in [0.5, 0.6) is 0 Å². The van der Waals surface area contributed by atoms with E-state index in [0.29, 0.717) is 12.6 Å². The summed E-state index contributed by atoms with van der Waals surface area (Å²) in [4.78, 5) is 10.8. The monoisotopic (exact) mass is 233 g/mol. The number of nitrogens with one attached hydrogen (secondary N) is 1. The fourth-order valence-corrected chi connectivity index (χ4v) is 2.37. The van der Waals surface area contributed by atoms with Crippen LogP contribution in [0.15, 0.2) is 24.3 Å². The Hall–Kier alpha value is -1.35. The molecule has 0 fully saturated rings. The van der Waals surface area contributed by atoms with Gasteiger partial charge in [0.2, 0.25) is 0 Å². The van der Waals surface area contributed by atoms with E-state index >= 15 is 0 Å². The Morgan fingerprint density at radius 3 is 3.06 bits per heavy atom. The predicted octanol–water partition coefficient (Wildman–Crippen LogP) is 2.37. The average molecular weight is 233 g/mol. The van der Waals surface area contributed by atoms with Crippen molar-refractivity contribution in [3.05, 3.63) is 35.4 Å². The number of carboxylic acids is 1. The highest BCUT2D eigenvalue weighted by Gasteiger charge is 2.20. The summed E-state index contributed by atoms with van der Waals surface area (Å²) in [7, 11) is 0. The number of fused-ring (bicyclic) bond motifs is 1. The van der Waals surface area contributed by atoms with Crippen molar-refractivity contribution in [2.24, 2.45) is 5.92 Å². The van der Waals surface area contributed by atoms with Crippen molar-refractivity contribution in [1.82, 2.24) is 5.32 Å². The van der Waals surface area contributed by atoms with Crippen LogP contribution in [0.1, 0.15) is 36.9 Å². The fraction of sp³-hybridized carbons (Fsp3) is 0.500. The van der Waals surface area contributed by atoms with E-state index in [2.05, 4.69) is 29.6 Å². The van der Waals surface area contributed by atoms with Crippen LogP contribution < -0.4 is 5.32 Å². The standard InChI is InChI=1S/C14H19NO2/c1-10(14(16)17)9-15-13-8-4-6-11-5-2-3-7-12(11)13/h2-3,5,7,10,13,15H,4,6,8-9H2,1H3,(H,16,17). The van der Waals surface area contributed by atoms with E-state index in [4.69, 9.17) is 5.11 Å². The molecule has 3 nitrogen and oxygen atoms in total. The second-order valence-corrected chi connectivity index (χ2v) is 4.79. The Morgan fingerprint density at radius 1 is 1.53 bits per heavy atom. The van der Waals surface area contributed by atoms with Crippen LogP contribution >= 0.6 is 0 Å². The molecule has 1 aliphatic rings. The van der Waals surface area contributed by atoms with E-state index in [1.807, 2.05) is 0 Å². The van der Waals surface area contributed by atoms with Crippen LogP contribution in [-0.4, -0.2) is 17.6 Å². The number of benzene rings is 1. The minimum atomic E-state index is -0.735. The highest BCUT2D eigenvalue weighted by molar-refractivity contribution is 5.69. The molecule has 3 heteroatoms. The maximum absolute atomic E-state index is 10.8. The van der Waals surface area contributed by atoms with Gasteiger partial charge in [-0.1, -0.05) is 31.2 Å². The lowest BCUT2D eigenvalue weighted by Crippen LogP contribution is -2.31. The molecule has 0 spiro atoms. The zero-order chi connectivity index (χ0) is 12.3. The third kappa shape index (κ3) is 2.86. The number of carboxylic acid groups (broad SMARTS) is 1. The second-order valence-electron chi connectivity index (χ2n) is 4.79. The van der Waals surface area contributed by atoms with Crippen molar-refractivity contribution in [3.8, 4) is 0 Å². The number of carbonyl (C=O) groups is 1. The van der Waals surface area contributed by atoms with Crippen LogP contribution in [0, 0.1) is 5.92 Å². The SMILES string of the molecule is CC(CNC1CCCc2ccccc21)C(=O)O. The summed E-state index contributed by atoms with van der Waals surface area (Å²) in [5, 5.41) is 12.2. The van der Waals surface area contributed by atoms with Gasteiger partial charge in [0.25, 0.3) is 0 Å². The maximum atomic E-state index is 10.8. The van der Waals surface area contributed by atoms with E-state index in [9.17, 15) is 4.79 Å². The molecule has 2 unspecified atom stereocenters. The molecule has 0 radical (unpaired) electrons. The molecule has 17 heavy (non-hydrogen) atoms. The molecule has 1 aliphatic carbocycles. The average Bonchev–Trinajstić information content (AvgIpc) is 2.35. The van der Waals surface area contributed by atoms with Gasteiger partial charge in [-0.15, -0.1) is 0 Å². The third-order valence-electron chi connectivity index (χ3n) is 3.46. The molecule has 92 valence electrons. The van der Waals surface area contributed by atoms with Crippen molar-refractivity contribution in [3.63, 3.8) is 0 Å². The summed E-state index contributed by atoms with van der Waals surface area (Å²) in [6.45, 7) is 2.28. The summed E-state index contributed by atoms with van der Waals surface area (Å²) < 4.78 is 0. The first-order chi connectivity index (χ1) is 8.18. The zero-order valence-electron chi connectivity index (χ0n) is 10.1. The summed E-state index contributed by atoms with van der Waals surface area (Å²) in [5.74, 6) is -1.06. The molecular weight excluding hydrogens is 214 g/mol. The molecule has 1 aromatic carbocycles. The van der Waals surface area contributed by atoms with Crippen LogP contribution in [-0.2, 0) is 11.2 Å². The first-order valence-corrected chi connectivity index (χ1v) is 6.22. The molecule has 2 atom stereocenters. The topological polar surface area (TPSA) is 49.3 Å².